The molecule has 146 valence electrons. The molecule has 1 aliphatic rings. The first-order valence-electron chi connectivity index (χ1n) is 9.56. The first-order valence-corrected chi connectivity index (χ1v) is 9.56. The van der Waals surface area contributed by atoms with Gasteiger partial charge < -0.3 is 10.4 Å². The molecule has 28 heavy (non-hydrogen) atoms. The second-order valence-electron chi connectivity index (χ2n) is 8.78. The van der Waals surface area contributed by atoms with E-state index in [1.165, 1.54) is 17.2 Å². The van der Waals surface area contributed by atoms with Gasteiger partial charge in [0.25, 0.3) is 5.91 Å². The van der Waals surface area contributed by atoms with Crippen molar-refractivity contribution in [3.05, 3.63) is 70.8 Å². The fourth-order valence-corrected chi connectivity index (χ4v) is 3.82. The van der Waals surface area contributed by atoms with E-state index in [2.05, 4.69) is 39.1 Å². The van der Waals surface area contributed by atoms with E-state index in [-0.39, 0.29) is 16.7 Å². The van der Waals surface area contributed by atoms with E-state index in [0.717, 1.165) is 18.9 Å². The number of carbonyl (C=O) groups excluding carboxylic acids is 1. The summed E-state index contributed by atoms with van der Waals surface area (Å²) in [5.74, 6) is -1.17. The van der Waals surface area contributed by atoms with Crippen LogP contribution in [0.15, 0.2) is 48.5 Å². The van der Waals surface area contributed by atoms with Crippen molar-refractivity contribution in [3.63, 3.8) is 0 Å². The molecule has 0 saturated carbocycles. The van der Waals surface area contributed by atoms with Crippen LogP contribution < -0.4 is 5.32 Å². The molecule has 4 nitrogen and oxygen atoms in total. The molecule has 2 aromatic rings. The predicted molar refractivity (Wildman–Crippen MR) is 113 cm³/mol. The minimum atomic E-state index is -1.01. The third kappa shape index (κ3) is 4.16. The van der Waals surface area contributed by atoms with Crippen LogP contribution in [0.4, 0.5) is 5.69 Å². The average molecular weight is 377 g/mol. The number of anilines is 1. The standard InChI is InChI=1S/C24H27NO3/c1-23(2)12-13-24(3,4)20-15-17(9-10-19(20)23)22(28)25-18-7-5-6-16(14-18)8-11-21(26)27/h5-11,14-15H,12-13H2,1-4H3,(H,25,28)(H,26,27). The number of fused-ring (bicyclic) bond motifs is 1. The molecule has 2 N–H and O–H groups in total. The van der Waals surface area contributed by atoms with Crippen molar-refractivity contribution >= 4 is 23.6 Å². The summed E-state index contributed by atoms with van der Waals surface area (Å²) in [5.41, 5.74) is 4.71. The van der Waals surface area contributed by atoms with Crippen LogP contribution in [-0.4, -0.2) is 17.0 Å². The quantitative estimate of drug-likeness (QED) is 0.703. The Morgan fingerprint density at radius 1 is 0.964 bits per heavy atom. The first-order chi connectivity index (χ1) is 13.1. The molecule has 1 amide bonds. The molecule has 2 aromatic carbocycles. The Labute approximate surface area is 166 Å². The molecule has 4 heteroatoms. The predicted octanol–water partition coefficient (Wildman–Crippen LogP) is 5.39. The van der Waals surface area contributed by atoms with Gasteiger partial charge in [0.1, 0.15) is 0 Å². The zero-order valence-electron chi connectivity index (χ0n) is 16.9. The van der Waals surface area contributed by atoms with E-state index in [9.17, 15) is 9.59 Å². The number of aliphatic carboxylic acids is 1. The van der Waals surface area contributed by atoms with Crippen molar-refractivity contribution in [2.75, 3.05) is 5.32 Å². The van der Waals surface area contributed by atoms with Gasteiger partial charge in [0.05, 0.1) is 0 Å². The Morgan fingerprint density at radius 3 is 2.32 bits per heavy atom. The fourth-order valence-electron chi connectivity index (χ4n) is 3.82. The van der Waals surface area contributed by atoms with Crippen LogP contribution in [0, 0.1) is 0 Å². The van der Waals surface area contributed by atoms with E-state index >= 15 is 0 Å². The summed E-state index contributed by atoms with van der Waals surface area (Å²) in [6, 6.07) is 13.1. The van der Waals surface area contributed by atoms with Gasteiger partial charge in [0.15, 0.2) is 0 Å². The van der Waals surface area contributed by atoms with E-state index < -0.39 is 5.97 Å². The van der Waals surface area contributed by atoms with Crippen molar-refractivity contribution in [1.82, 2.24) is 0 Å². The molecule has 0 spiro atoms. The fraction of sp³-hybridized carbons (Fsp3) is 0.333. The number of hydrogen-bond donors (Lipinski definition) is 2. The number of benzene rings is 2. The van der Waals surface area contributed by atoms with Gasteiger partial charge >= 0.3 is 5.97 Å². The van der Waals surface area contributed by atoms with Crippen molar-refractivity contribution in [2.24, 2.45) is 0 Å². The molecule has 0 heterocycles. The summed E-state index contributed by atoms with van der Waals surface area (Å²) in [6.07, 6.45) is 4.81. The highest BCUT2D eigenvalue weighted by Crippen LogP contribution is 2.45. The van der Waals surface area contributed by atoms with Crippen molar-refractivity contribution in [2.45, 2.75) is 51.4 Å². The number of nitrogens with one attached hydrogen (secondary N) is 1. The zero-order chi connectivity index (χ0) is 20.5. The summed E-state index contributed by atoms with van der Waals surface area (Å²) in [7, 11) is 0. The normalized spacial score (nSPS) is 17.1. The average Bonchev–Trinajstić information content (AvgIpc) is 2.64. The Hall–Kier alpha value is -2.88. The molecule has 0 radical (unpaired) electrons. The summed E-state index contributed by atoms with van der Waals surface area (Å²) < 4.78 is 0. The number of carboxylic acids is 1. The third-order valence-electron chi connectivity index (χ3n) is 5.68. The van der Waals surface area contributed by atoms with E-state index in [4.69, 9.17) is 5.11 Å². The van der Waals surface area contributed by atoms with Gasteiger partial charge in [-0.1, -0.05) is 45.9 Å². The number of carbonyl (C=O) groups is 2. The molecule has 3 rings (SSSR count). The van der Waals surface area contributed by atoms with Crippen LogP contribution in [0.25, 0.3) is 6.08 Å². The topological polar surface area (TPSA) is 66.4 Å². The van der Waals surface area contributed by atoms with Crippen molar-refractivity contribution in [3.8, 4) is 0 Å². The number of amides is 1. The lowest BCUT2D eigenvalue weighted by Crippen LogP contribution is -2.34. The number of carboxylic acid groups (broad SMARTS) is 1. The van der Waals surface area contributed by atoms with Gasteiger partial charge in [0.2, 0.25) is 0 Å². The maximum atomic E-state index is 12.8. The molecule has 0 aliphatic heterocycles. The molecule has 0 aromatic heterocycles. The van der Waals surface area contributed by atoms with Crippen LogP contribution in [0.5, 0.6) is 0 Å². The van der Waals surface area contributed by atoms with Crippen LogP contribution in [-0.2, 0) is 15.6 Å². The van der Waals surface area contributed by atoms with Gasteiger partial charge in [-0.25, -0.2) is 4.79 Å². The molecule has 0 bridgehead atoms. The van der Waals surface area contributed by atoms with Gasteiger partial charge in [-0.15, -0.1) is 0 Å². The summed E-state index contributed by atoms with van der Waals surface area (Å²) in [5, 5.41) is 11.7. The Balaban J connectivity index is 1.86. The highest BCUT2D eigenvalue weighted by molar-refractivity contribution is 6.04. The van der Waals surface area contributed by atoms with Gasteiger partial charge in [0, 0.05) is 17.3 Å². The van der Waals surface area contributed by atoms with Gasteiger partial charge in [-0.05, 0) is 70.7 Å². The first kappa shape index (κ1) is 19.9. The maximum absolute atomic E-state index is 12.8. The Morgan fingerprint density at radius 2 is 1.64 bits per heavy atom. The SMILES string of the molecule is CC1(C)CCC(C)(C)c2cc(C(=O)Nc3cccc(C=CC(=O)O)c3)ccc21. The highest BCUT2D eigenvalue weighted by atomic mass is 16.4. The monoisotopic (exact) mass is 377 g/mol. The maximum Gasteiger partial charge on any atom is 0.328 e. The number of hydrogen-bond acceptors (Lipinski definition) is 2. The molecule has 0 unspecified atom stereocenters. The Bertz CT molecular complexity index is 954. The third-order valence-corrected chi connectivity index (χ3v) is 5.68. The van der Waals surface area contributed by atoms with Gasteiger partial charge in [-0.3, -0.25) is 4.79 Å². The largest absolute Gasteiger partial charge is 0.478 e. The second-order valence-corrected chi connectivity index (χ2v) is 8.78. The molecule has 0 atom stereocenters. The highest BCUT2D eigenvalue weighted by Gasteiger charge is 2.37. The Kier molecular flexibility index (Phi) is 5.16. The van der Waals surface area contributed by atoms with Crippen LogP contribution in [0.1, 0.15) is 67.6 Å². The molecule has 0 fully saturated rings. The lowest BCUT2D eigenvalue weighted by Gasteiger charge is -2.42. The minimum Gasteiger partial charge on any atom is -0.478 e. The summed E-state index contributed by atoms with van der Waals surface area (Å²) in [6.45, 7) is 9.00. The van der Waals surface area contributed by atoms with Crippen LogP contribution in [0.3, 0.4) is 0 Å². The van der Waals surface area contributed by atoms with Crippen LogP contribution >= 0.6 is 0 Å². The molecule has 1 aliphatic carbocycles. The second kappa shape index (κ2) is 7.27. The summed E-state index contributed by atoms with van der Waals surface area (Å²) in [4.78, 5) is 23.5. The molecule has 0 saturated heterocycles. The molecular weight excluding hydrogens is 350 g/mol. The van der Waals surface area contributed by atoms with Gasteiger partial charge in [-0.2, -0.15) is 0 Å². The van der Waals surface area contributed by atoms with Crippen LogP contribution in [0.2, 0.25) is 0 Å². The van der Waals surface area contributed by atoms with Crippen molar-refractivity contribution in [1.29, 1.82) is 0 Å². The van der Waals surface area contributed by atoms with E-state index in [1.807, 2.05) is 12.1 Å². The van der Waals surface area contributed by atoms with E-state index in [0.29, 0.717) is 16.8 Å². The number of rotatable bonds is 4. The smallest absolute Gasteiger partial charge is 0.328 e. The lowest BCUT2D eigenvalue weighted by molar-refractivity contribution is -0.131. The molecular formula is C24H27NO3. The lowest BCUT2D eigenvalue weighted by atomic mass is 9.63. The minimum absolute atomic E-state index is 0.0443. The zero-order valence-corrected chi connectivity index (χ0v) is 16.9. The van der Waals surface area contributed by atoms with E-state index in [1.54, 1.807) is 24.3 Å². The summed E-state index contributed by atoms with van der Waals surface area (Å²) >= 11 is 0. The van der Waals surface area contributed by atoms with Crippen molar-refractivity contribution < 1.29 is 14.7 Å².